The number of benzene rings is 1. The number of nitrogens with zero attached hydrogens (tertiary/aromatic N) is 2. The van der Waals surface area contributed by atoms with Crippen LogP contribution in [0.2, 0.25) is 0 Å². The molecule has 4 rings (SSSR count). The van der Waals surface area contributed by atoms with Crippen molar-refractivity contribution in [1.82, 2.24) is 9.88 Å². The van der Waals surface area contributed by atoms with Crippen molar-refractivity contribution >= 4 is 17.2 Å². The monoisotopic (exact) mass is 388 g/mol. The molecule has 4 nitrogen and oxygen atoms in total. The summed E-state index contributed by atoms with van der Waals surface area (Å²) in [7, 11) is 1.50. The highest BCUT2D eigenvalue weighted by molar-refractivity contribution is 7.13. The highest BCUT2D eigenvalue weighted by Gasteiger charge is 2.52. The zero-order valence-electron chi connectivity index (χ0n) is 16.2. The number of carbonyl (C=O) groups excluding carboxylic acids is 1. The van der Waals surface area contributed by atoms with Crippen LogP contribution in [0.5, 0.6) is 5.75 Å². The van der Waals surface area contributed by atoms with Crippen molar-refractivity contribution in [3.05, 3.63) is 35.1 Å². The summed E-state index contributed by atoms with van der Waals surface area (Å²) in [6.45, 7) is 7.56. The first-order valence-corrected chi connectivity index (χ1v) is 10.2. The van der Waals surface area contributed by atoms with E-state index in [4.69, 9.17) is 4.74 Å². The first-order chi connectivity index (χ1) is 12.7. The minimum atomic E-state index is -0.395. The summed E-state index contributed by atoms with van der Waals surface area (Å²) in [5.74, 6) is 0.533. The molecule has 0 spiro atoms. The zero-order chi connectivity index (χ0) is 19.4. The minimum Gasteiger partial charge on any atom is -0.496 e. The standard InChI is InChI=1S/C21H25FN2O2S/c1-20(2)8-13-9-21(3,12-20)24(10-13)19(25)15-11-27-18(23-15)17-14(22)6-5-7-16(17)26-4/h5-7,11,13H,8-10,12H2,1-4H3/t13-,21+/m1/s1. The maximum Gasteiger partial charge on any atom is 0.273 e. The zero-order valence-corrected chi connectivity index (χ0v) is 17.0. The largest absolute Gasteiger partial charge is 0.496 e. The molecule has 2 aliphatic rings. The van der Waals surface area contributed by atoms with Crippen LogP contribution in [0.3, 0.4) is 0 Å². The lowest BCUT2D eigenvalue weighted by Gasteiger charge is -2.43. The van der Waals surface area contributed by atoms with Gasteiger partial charge in [-0.15, -0.1) is 11.3 Å². The fraction of sp³-hybridized carbons (Fsp3) is 0.524. The van der Waals surface area contributed by atoms with Gasteiger partial charge in [-0.1, -0.05) is 19.9 Å². The smallest absolute Gasteiger partial charge is 0.273 e. The van der Waals surface area contributed by atoms with E-state index in [2.05, 4.69) is 25.8 Å². The topological polar surface area (TPSA) is 42.4 Å². The van der Waals surface area contributed by atoms with Gasteiger partial charge in [-0.25, -0.2) is 9.37 Å². The Balaban J connectivity index is 1.64. The van der Waals surface area contributed by atoms with Gasteiger partial charge in [-0.2, -0.15) is 0 Å². The second-order valence-electron chi connectivity index (χ2n) is 8.88. The van der Waals surface area contributed by atoms with Gasteiger partial charge in [-0.3, -0.25) is 4.79 Å². The minimum absolute atomic E-state index is 0.0458. The average molecular weight is 389 g/mol. The highest BCUT2D eigenvalue weighted by Crippen LogP contribution is 2.51. The fourth-order valence-corrected chi connectivity index (χ4v) is 6.14. The van der Waals surface area contributed by atoms with Gasteiger partial charge in [-0.05, 0) is 49.7 Å². The molecule has 1 saturated heterocycles. The molecule has 0 N–H and O–H groups in total. The van der Waals surface area contributed by atoms with Crippen molar-refractivity contribution in [2.24, 2.45) is 11.3 Å². The molecule has 2 atom stereocenters. The van der Waals surface area contributed by atoms with E-state index in [0.717, 1.165) is 25.8 Å². The maximum absolute atomic E-state index is 14.3. The van der Waals surface area contributed by atoms with E-state index >= 15 is 0 Å². The normalized spacial score (nSPS) is 26.3. The van der Waals surface area contributed by atoms with E-state index in [-0.39, 0.29) is 16.9 Å². The number of ether oxygens (including phenoxy) is 1. The second kappa shape index (κ2) is 6.30. The summed E-state index contributed by atoms with van der Waals surface area (Å²) in [4.78, 5) is 19.7. The van der Waals surface area contributed by atoms with Crippen LogP contribution < -0.4 is 4.74 Å². The second-order valence-corrected chi connectivity index (χ2v) is 9.74. The molecule has 2 heterocycles. The van der Waals surface area contributed by atoms with Gasteiger partial charge in [0.05, 0.1) is 12.7 Å². The summed E-state index contributed by atoms with van der Waals surface area (Å²) in [6, 6.07) is 4.69. The van der Waals surface area contributed by atoms with Crippen molar-refractivity contribution in [1.29, 1.82) is 0 Å². The Labute approximate surface area is 163 Å². The van der Waals surface area contributed by atoms with Gasteiger partial charge in [0.2, 0.25) is 0 Å². The van der Waals surface area contributed by atoms with E-state index in [1.54, 1.807) is 17.5 Å². The molecule has 1 aromatic heterocycles. The number of carbonyl (C=O) groups is 1. The van der Waals surface area contributed by atoms with Gasteiger partial charge in [0.25, 0.3) is 5.91 Å². The number of halogens is 1. The molecule has 1 aliphatic carbocycles. The number of aromatic nitrogens is 1. The summed E-state index contributed by atoms with van der Waals surface area (Å²) in [5, 5.41) is 2.21. The van der Waals surface area contributed by atoms with Crippen molar-refractivity contribution in [2.75, 3.05) is 13.7 Å². The molecule has 144 valence electrons. The van der Waals surface area contributed by atoms with E-state index < -0.39 is 5.82 Å². The molecule has 1 amide bonds. The molecule has 1 aliphatic heterocycles. The molecule has 27 heavy (non-hydrogen) atoms. The molecule has 0 radical (unpaired) electrons. The Morgan fingerprint density at radius 2 is 2.11 bits per heavy atom. The maximum atomic E-state index is 14.3. The number of thiazole rings is 1. The Hall–Kier alpha value is -1.95. The highest BCUT2D eigenvalue weighted by atomic mass is 32.1. The van der Waals surface area contributed by atoms with Gasteiger partial charge in [0.1, 0.15) is 22.3 Å². The van der Waals surface area contributed by atoms with Crippen LogP contribution in [0.4, 0.5) is 4.39 Å². The van der Waals surface area contributed by atoms with Crippen LogP contribution in [0.1, 0.15) is 50.5 Å². The van der Waals surface area contributed by atoms with Crippen LogP contribution in [-0.4, -0.2) is 35.0 Å². The van der Waals surface area contributed by atoms with Gasteiger partial charge in [0, 0.05) is 17.5 Å². The lowest BCUT2D eigenvalue weighted by molar-refractivity contribution is 0.0505. The Morgan fingerprint density at radius 1 is 1.33 bits per heavy atom. The van der Waals surface area contributed by atoms with Crippen molar-refractivity contribution in [3.63, 3.8) is 0 Å². The quantitative estimate of drug-likeness (QED) is 0.743. The number of fused-ring (bicyclic) bond motifs is 2. The van der Waals surface area contributed by atoms with E-state index in [0.29, 0.717) is 27.9 Å². The first-order valence-electron chi connectivity index (χ1n) is 9.33. The Bertz CT molecular complexity index is 894. The lowest BCUT2D eigenvalue weighted by atomic mass is 9.67. The predicted octanol–water partition coefficient (Wildman–Crippen LogP) is 5.00. The molecule has 2 fully saturated rings. The van der Waals surface area contributed by atoms with Crippen LogP contribution in [0.25, 0.3) is 10.6 Å². The summed E-state index contributed by atoms with van der Waals surface area (Å²) >= 11 is 1.28. The van der Waals surface area contributed by atoms with Gasteiger partial charge in [0.15, 0.2) is 0 Å². The third kappa shape index (κ3) is 3.14. The first kappa shape index (κ1) is 18.4. The van der Waals surface area contributed by atoms with E-state index in [1.807, 2.05) is 4.90 Å². The molecule has 2 aromatic rings. The van der Waals surface area contributed by atoms with Crippen LogP contribution in [0.15, 0.2) is 23.6 Å². The molecule has 0 unspecified atom stereocenters. The summed E-state index contributed by atoms with van der Waals surface area (Å²) in [6.07, 6.45) is 3.21. The summed E-state index contributed by atoms with van der Waals surface area (Å²) < 4.78 is 19.6. The fourth-order valence-electron chi connectivity index (χ4n) is 5.30. The molecule has 6 heteroatoms. The van der Waals surface area contributed by atoms with Crippen molar-refractivity contribution < 1.29 is 13.9 Å². The third-order valence-corrected chi connectivity index (χ3v) is 6.76. The number of methoxy groups -OCH3 is 1. The number of hydrogen-bond donors (Lipinski definition) is 0. The molecular formula is C21H25FN2O2S. The summed E-state index contributed by atoms with van der Waals surface area (Å²) in [5.41, 5.74) is 0.840. The van der Waals surface area contributed by atoms with Crippen molar-refractivity contribution in [2.45, 2.75) is 45.6 Å². The number of amides is 1. The lowest BCUT2D eigenvalue weighted by Crippen LogP contribution is -2.47. The molecule has 1 saturated carbocycles. The van der Waals surface area contributed by atoms with E-state index in [1.165, 1.54) is 24.5 Å². The predicted molar refractivity (Wildman–Crippen MR) is 105 cm³/mol. The van der Waals surface area contributed by atoms with Gasteiger partial charge >= 0.3 is 0 Å². The SMILES string of the molecule is COc1cccc(F)c1-c1nc(C(=O)N2C[C@@H]3CC(C)(C)C[C@]2(C)C3)cs1. The molecular weight excluding hydrogens is 363 g/mol. The number of hydrogen-bond acceptors (Lipinski definition) is 4. The Morgan fingerprint density at radius 3 is 2.85 bits per heavy atom. The van der Waals surface area contributed by atoms with Crippen LogP contribution >= 0.6 is 11.3 Å². The number of rotatable bonds is 3. The Kier molecular flexibility index (Phi) is 4.29. The molecule has 1 aromatic carbocycles. The third-order valence-electron chi connectivity index (χ3n) is 5.90. The number of likely N-dealkylation sites (tertiary alicyclic amines) is 1. The molecule has 2 bridgehead atoms. The van der Waals surface area contributed by atoms with Crippen LogP contribution in [0, 0.1) is 17.2 Å². The van der Waals surface area contributed by atoms with Crippen LogP contribution in [-0.2, 0) is 0 Å². The van der Waals surface area contributed by atoms with Gasteiger partial charge < -0.3 is 9.64 Å². The van der Waals surface area contributed by atoms with E-state index in [9.17, 15) is 9.18 Å². The average Bonchev–Trinajstić information content (AvgIpc) is 3.15. The van der Waals surface area contributed by atoms with Crippen molar-refractivity contribution in [3.8, 4) is 16.3 Å².